The highest BCUT2D eigenvalue weighted by atomic mass is 16.7. The van der Waals surface area contributed by atoms with E-state index in [-0.39, 0.29) is 38.6 Å². The summed E-state index contributed by atoms with van der Waals surface area (Å²) in [6.07, 6.45) is 4.79. The predicted octanol–water partition coefficient (Wildman–Crippen LogP) is 27.7. The topological polar surface area (TPSA) is 264 Å². The van der Waals surface area contributed by atoms with E-state index in [1.807, 2.05) is 198 Å². The smallest absolute Gasteiger partial charge is 0.318 e. The van der Waals surface area contributed by atoms with E-state index in [0.29, 0.717) is 69.4 Å². The molecule has 0 saturated carbocycles. The zero-order valence-electron chi connectivity index (χ0n) is 82.7. The number of nitrogens with zero attached hydrogens (tertiary/aromatic N) is 9. The number of fused-ring (bicyclic) bond motifs is 15. The molecule has 0 spiro atoms. The first kappa shape index (κ1) is 101. The predicted molar refractivity (Wildman–Crippen MR) is 551 cm³/mol. The van der Waals surface area contributed by atoms with Crippen LogP contribution in [0.5, 0.6) is 0 Å². The van der Waals surface area contributed by atoms with Crippen molar-refractivity contribution >= 4 is 87.0 Å². The number of nitriles is 1. The van der Waals surface area contributed by atoms with Crippen LogP contribution in [-0.2, 0) is 75.2 Å². The Labute approximate surface area is 818 Å². The second kappa shape index (κ2) is 42.1. The Bertz CT molecular complexity index is 7220. The molecular formula is C119H111N9O12. The van der Waals surface area contributed by atoms with Gasteiger partial charge in [0.25, 0.3) is 0 Å². The Kier molecular flexibility index (Phi) is 30.4. The van der Waals surface area contributed by atoms with Crippen molar-refractivity contribution < 1.29 is 57.7 Å². The molecule has 0 aromatic heterocycles. The van der Waals surface area contributed by atoms with E-state index in [2.05, 4.69) is 182 Å². The van der Waals surface area contributed by atoms with Gasteiger partial charge in [-0.05, 0) is 223 Å². The number of rotatable bonds is 20. The van der Waals surface area contributed by atoms with Gasteiger partial charge in [0.15, 0.2) is 28.6 Å². The molecule has 0 bridgehead atoms. The van der Waals surface area contributed by atoms with Crippen LogP contribution in [-0.4, -0.2) is 70.0 Å². The zero-order valence-corrected chi connectivity index (χ0v) is 82.7. The van der Waals surface area contributed by atoms with Gasteiger partial charge in [-0.2, -0.15) is 5.26 Å². The summed E-state index contributed by atoms with van der Waals surface area (Å²) in [6, 6.07) is 79.5. The standard InChI is InChI=1S/C30H31NO3.C26H23NO3.C23H21N3O2.2C20H18N2O2/c1-5-11-28(33)22-14-16-24-25-17-15-23(19-27(25)30(6-2,7-3)26(24)18-22)29(31-34-20(4)32)21-12-9-8-10-13-21;1-16(27-30-17(2)28)19-10-12-21-22-13-11-20(25(29)18-8-6-5-7-9-18)15-24(22)26(3,4)23(21)14-19;1-6-7-21(26-28-14(2)27)15-8-9-18-19(11-15)23(3,4)20-12-17(25-5)10-16(13-24)22(18)20;2*1-12(22-24-13(2)23)14-6-8-16-17-9-7-15(21-5)11-19(17)20(3,4)18(16)10-14/h8-10,12-19H,5-7,11H2,1-4H3;5-15H,1-4H3;8-12H,6-7H2,1-4H3;2*6-11H,1-4H3. The second-order valence-corrected chi connectivity index (χ2v) is 37.3. The molecule has 0 aliphatic heterocycles. The average Bonchev–Trinajstić information content (AvgIpc) is 1.56. The SMILES string of the molecule is CC(=O)ON=C(C)c1ccc2c(c1)C(C)(C)c1cc(C(=O)c3ccccc3)ccc1-2.CCCC(=O)c1ccc2c(c1)C(CC)(CC)c1cc(C(=NOC(C)=O)c3ccccc3)ccc1-2.[C-]#[N+]c1cc(C#N)c2c(c1)C(C)(C)c1cc(C(CCC)=NOC(C)=O)ccc1-2.[C-]#[N+]c1ccc2c(c1)C(C)(C)c1cc(C(C)=NOC(C)=O)ccc1-2.[C-]#[N+]c1ccc2c(c1)C(C)(C)c1cc(C(C)=NOC(C)=O)ccc1-2. The van der Waals surface area contributed by atoms with Crippen molar-refractivity contribution in [2.75, 3.05) is 0 Å². The van der Waals surface area contributed by atoms with E-state index < -0.39 is 29.8 Å². The molecule has 5 aliphatic rings. The van der Waals surface area contributed by atoms with Crippen molar-refractivity contribution in [1.29, 1.82) is 5.26 Å². The van der Waals surface area contributed by atoms with Crippen LogP contribution in [0.4, 0.5) is 17.1 Å². The van der Waals surface area contributed by atoms with Gasteiger partial charge in [0.1, 0.15) is 5.71 Å². The minimum atomic E-state index is -0.456. The summed E-state index contributed by atoms with van der Waals surface area (Å²) in [5.41, 5.74) is 34.7. The lowest BCUT2D eigenvalue weighted by molar-refractivity contribution is -0.141. The first-order valence-electron chi connectivity index (χ1n) is 46.7. The van der Waals surface area contributed by atoms with Crippen LogP contribution in [0.2, 0.25) is 0 Å². The highest BCUT2D eigenvalue weighted by Gasteiger charge is 2.44. The lowest BCUT2D eigenvalue weighted by atomic mass is 9.73. The van der Waals surface area contributed by atoms with Crippen molar-refractivity contribution in [3.8, 4) is 61.7 Å². The lowest BCUT2D eigenvalue weighted by Gasteiger charge is -2.30. The molecule has 704 valence electrons. The summed E-state index contributed by atoms with van der Waals surface area (Å²) in [4.78, 5) is 116. The van der Waals surface area contributed by atoms with Gasteiger partial charge in [-0.1, -0.05) is 303 Å². The largest absolute Gasteiger partial charge is 0.332 e. The highest BCUT2D eigenvalue weighted by Crippen LogP contribution is 2.57. The summed E-state index contributed by atoms with van der Waals surface area (Å²) < 4.78 is 0. The van der Waals surface area contributed by atoms with E-state index in [1.165, 1.54) is 90.3 Å². The van der Waals surface area contributed by atoms with Crippen LogP contribution in [0, 0.1) is 31.0 Å². The molecule has 0 radical (unpaired) electrons. The molecule has 0 saturated heterocycles. The fourth-order valence-corrected chi connectivity index (χ4v) is 19.4. The fourth-order valence-electron chi connectivity index (χ4n) is 19.4. The quantitative estimate of drug-likeness (QED) is 0.0226. The van der Waals surface area contributed by atoms with Crippen molar-refractivity contribution in [3.63, 3.8) is 0 Å². The Morgan fingerprint density at radius 1 is 0.307 bits per heavy atom. The maximum absolute atomic E-state index is 12.9. The maximum atomic E-state index is 12.9. The Balaban J connectivity index is 0.000000148. The molecule has 0 heterocycles. The third kappa shape index (κ3) is 20.5. The molecule has 21 heteroatoms. The van der Waals surface area contributed by atoms with Gasteiger partial charge in [-0.3, -0.25) is 9.59 Å². The maximum Gasteiger partial charge on any atom is 0.332 e. The van der Waals surface area contributed by atoms with Gasteiger partial charge in [0.05, 0.1) is 48.6 Å². The molecule has 0 N–H and O–H groups in total. The minimum absolute atomic E-state index is 0.0233. The summed E-state index contributed by atoms with van der Waals surface area (Å²) in [6.45, 7) is 59.6. The number of benzene rings is 12. The van der Waals surface area contributed by atoms with Gasteiger partial charge < -0.3 is 24.2 Å². The number of hydrogen-bond acceptors (Lipinski definition) is 18. The second-order valence-electron chi connectivity index (χ2n) is 37.3. The Morgan fingerprint density at radius 2 is 0.614 bits per heavy atom. The number of carbonyl (C=O) groups excluding carboxylic acids is 7. The third-order valence-corrected chi connectivity index (χ3v) is 26.8. The molecule has 0 amide bonds. The third-order valence-electron chi connectivity index (χ3n) is 26.8. The van der Waals surface area contributed by atoms with Crippen LogP contribution in [0.3, 0.4) is 0 Å². The molecule has 0 unspecified atom stereocenters. The number of oxime groups is 5. The zero-order chi connectivity index (χ0) is 101. The van der Waals surface area contributed by atoms with Crippen LogP contribution >= 0.6 is 0 Å². The van der Waals surface area contributed by atoms with Crippen LogP contribution in [0.15, 0.2) is 262 Å². The number of Topliss-reactive ketones (excluding diaryl/α,β-unsaturated/α-hetero) is 1. The summed E-state index contributed by atoms with van der Waals surface area (Å²) in [5, 5.41) is 29.5. The minimum Gasteiger partial charge on any atom is -0.318 e. The van der Waals surface area contributed by atoms with Gasteiger partial charge in [0, 0.05) is 107 Å². The van der Waals surface area contributed by atoms with Gasteiger partial charge >= 0.3 is 29.8 Å². The fraction of sp³-hybridized carbons (Fsp3) is 0.261. The van der Waals surface area contributed by atoms with Crippen molar-refractivity contribution in [2.45, 2.75) is 204 Å². The molecule has 12 aromatic rings. The molecule has 0 fully saturated rings. The van der Waals surface area contributed by atoms with Crippen LogP contribution < -0.4 is 0 Å². The monoisotopic (exact) mass is 1860 g/mol. The van der Waals surface area contributed by atoms with E-state index in [4.69, 9.17) is 43.9 Å². The van der Waals surface area contributed by atoms with Gasteiger partial charge in [0.2, 0.25) is 0 Å². The average molecular weight is 1860 g/mol. The summed E-state index contributed by atoms with van der Waals surface area (Å²) in [5.74, 6) is -2.00. The lowest BCUT2D eigenvalue weighted by Crippen LogP contribution is -2.24. The molecule has 5 aliphatic carbocycles. The first-order valence-corrected chi connectivity index (χ1v) is 46.7. The highest BCUT2D eigenvalue weighted by molar-refractivity contribution is 6.14. The van der Waals surface area contributed by atoms with Crippen molar-refractivity contribution in [1.82, 2.24) is 0 Å². The number of hydrogen-bond donors (Lipinski definition) is 0. The van der Waals surface area contributed by atoms with E-state index in [1.54, 1.807) is 6.07 Å². The number of carbonyl (C=O) groups is 7. The summed E-state index contributed by atoms with van der Waals surface area (Å²) >= 11 is 0. The van der Waals surface area contributed by atoms with E-state index in [0.717, 1.165) is 126 Å². The summed E-state index contributed by atoms with van der Waals surface area (Å²) in [7, 11) is 0. The first-order chi connectivity index (χ1) is 66.7. The molecule has 0 atom stereocenters. The molecule has 12 aromatic carbocycles. The van der Waals surface area contributed by atoms with E-state index in [9.17, 15) is 38.8 Å². The van der Waals surface area contributed by atoms with Gasteiger partial charge in [-0.15, -0.1) is 0 Å². The number of ketones is 2. The normalized spacial score (nSPS) is 14.1. The molecule has 21 nitrogen and oxygen atoms in total. The molecular weight excluding hydrogens is 1750 g/mol. The van der Waals surface area contributed by atoms with E-state index >= 15 is 0 Å². The van der Waals surface area contributed by atoms with Gasteiger partial charge in [-0.25, -0.2) is 38.5 Å². The van der Waals surface area contributed by atoms with Crippen molar-refractivity contribution in [3.05, 3.63) is 382 Å². The van der Waals surface area contributed by atoms with Crippen LogP contribution in [0.1, 0.15) is 298 Å². The Hall–Kier alpha value is -16.4. The molecule has 140 heavy (non-hydrogen) atoms. The van der Waals surface area contributed by atoms with Crippen LogP contribution in [0.25, 0.3) is 70.2 Å². The van der Waals surface area contributed by atoms with Crippen molar-refractivity contribution in [2.24, 2.45) is 25.8 Å². The Morgan fingerprint density at radius 3 is 1.01 bits per heavy atom. The molecule has 17 rings (SSSR count).